The fourth-order valence-corrected chi connectivity index (χ4v) is 2.78. The van der Waals surface area contributed by atoms with Gasteiger partial charge >= 0.3 is 0 Å². The monoisotopic (exact) mass is 346 g/mol. The first-order chi connectivity index (χ1) is 12.6. The molecule has 1 aromatic heterocycles. The van der Waals surface area contributed by atoms with Crippen LogP contribution in [0.3, 0.4) is 0 Å². The quantitative estimate of drug-likeness (QED) is 0.532. The van der Waals surface area contributed by atoms with Crippen molar-refractivity contribution in [3.8, 4) is 5.75 Å². The molecule has 0 N–H and O–H groups in total. The van der Waals surface area contributed by atoms with Crippen LogP contribution < -0.4 is 4.74 Å². The Morgan fingerprint density at radius 3 is 2.23 bits per heavy atom. The van der Waals surface area contributed by atoms with E-state index in [2.05, 4.69) is 10.1 Å². The van der Waals surface area contributed by atoms with Gasteiger partial charge in [-0.05, 0) is 23.8 Å². The van der Waals surface area contributed by atoms with Crippen molar-refractivity contribution < 1.29 is 18.8 Å². The highest BCUT2D eigenvalue weighted by molar-refractivity contribution is 6.41. The fraction of sp³-hybridized carbons (Fsp3) is 0.100. The van der Waals surface area contributed by atoms with Crippen LogP contribution in [-0.4, -0.2) is 21.7 Å². The van der Waals surface area contributed by atoms with Gasteiger partial charge in [0.15, 0.2) is 18.2 Å². The molecule has 1 heterocycles. The predicted octanol–water partition coefficient (Wildman–Crippen LogP) is 3.42. The van der Waals surface area contributed by atoms with Crippen molar-refractivity contribution >= 4 is 17.6 Å². The highest BCUT2D eigenvalue weighted by Crippen LogP contribution is 2.28. The normalized spacial score (nSPS) is 13.0. The zero-order valence-corrected chi connectivity index (χ0v) is 13.9. The standard InChI is InChI=1S/C20H14N2O4/c1-12-21-18(22-26-12)11-25-14-8-6-13(7-9-14)10-17-19(23)15-4-2-3-5-16(15)20(17)24/h2-10H,11H2,1H3. The number of nitrogens with zero attached hydrogens (tertiary/aromatic N) is 2. The molecule has 4 rings (SSSR count). The number of hydrogen-bond acceptors (Lipinski definition) is 6. The van der Waals surface area contributed by atoms with Crippen molar-refractivity contribution in [3.05, 3.63) is 82.5 Å². The van der Waals surface area contributed by atoms with Crippen LogP contribution in [0.25, 0.3) is 6.08 Å². The molecule has 0 saturated heterocycles. The number of ketones is 2. The minimum Gasteiger partial charge on any atom is -0.485 e. The molecule has 0 bridgehead atoms. The molecule has 2 aromatic carbocycles. The summed E-state index contributed by atoms with van der Waals surface area (Å²) in [5, 5.41) is 3.76. The van der Waals surface area contributed by atoms with E-state index in [1.54, 1.807) is 61.5 Å². The smallest absolute Gasteiger partial charge is 0.223 e. The van der Waals surface area contributed by atoms with Crippen LogP contribution in [-0.2, 0) is 6.61 Å². The molecule has 0 amide bonds. The van der Waals surface area contributed by atoms with Crippen molar-refractivity contribution in [3.63, 3.8) is 0 Å². The first-order valence-electron chi connectivity index (χ1n) is 8.04. The van der Waals surface area contributed by atoms with Crippen molar-refractivity contribution in [1.29, 1.82) is 0 Å². The lowest BCUT2D eigenvalue weighted by Crippen LogP contribution is -2.00. The molecule has 128 valence electrons. The molecule has 0 aliphatic heterocycles. The Hall–Kier alpha value is -3.54. The Kier molecular flexibility index (Phi) is 3.93. The van der Waals surface area contributed by atoms with Crippen LogP contribution in [0.2, 0.25) is 0 Å². The molecule has 0 saturated carbocycles. The lowest BCUT2D eigenvalue weighted by atomic mass is 10.1. The van der Waals surface area contributed by atoms with E-state index in [0.29, 0.717) is 28.6 Å². The number of ether oxygens (including phenoxy) is 1. The second-order valence-electron chi connectivity index (χ2n) is 5.85. The second-order valence-corrected chi connectivity index (χ2v) is 5.85. The number of fused-ring (bicyclic) bond motifs is 1. The molecular formula is C20H14N2O4. The largest absolute Gasteiger partial charge is 0.485 e. The summed E-state index contributed by atoms with van der Waals surface area (Å²) < 4.78 is 10.5. The molecule has 0 radical (unpaired) electrons. The fourth-order valence-electron chi connectivity index (χ4n) is 2.78. The number of aromatic nitrogens is 2. The molecule has 6 nitrogen and oxygen atoms in total. The third-order valence-corrected chi connectivity index (χ3v) is 4.03. The van der Waals surface area contributed by atoms with E-state index in [1.807, 2.05) is 0 Å². The molecule has 0 atom stereocenters. The number of Topliss-reactive ketones (excluding diaryl/α,β-unsaturated/α-hetero) is 2. The Bertz CT molecular complexity index is 995. The van der Waals surface area contributed by atoms with Crippen LogP contribution in [0.5, 0.6) is 5.75 Å². The predicted molar refractivity (Wildman–Crippen MR) is 92.9 cm³/mol. The van der Waals surface area contributed by atoms with Gasteiger partial charge in [-0.25, -0.2) is 0 Å². The van der Waals surface area contributed by atoms with E-state index in [1.165, 1.54) is 0 Å². The molecule has 0 fully saturated rings. The van der Waals surface area contributed by atoms with Gasteiger partial charge in [-0.2, -0.15) is 4.98 Å². The van der Waals surface area contributed by atoms with Crippen LogP contribution in [0.1, 0.15) is 38.0 Å². The van der Waals surface area contributed by atoms with Crippen molar-refractivity contribution in [2.75, 3.05) is 0 Å². The molecule has 0 unspecified atom stereocenters. The Balaban J connectivity index is 1.50. The van der Waals surface area contributed by atoms with Gasteiger partial charge in [0.05, 0.1) is 5.57 Å². The molecule has 0 spiro atoms. The number of aryl methyl sites for hydroxylation is 1. The first-order valence-corrected chi connectivity index (χ1v) is 8.04. The van der Waals surface area contributed by atoms with Crippen molar-refractivity contribution in [2.24, 2.45) is 0 Å². The Labute approximate surface area is 149 Å². The van der Waals surface area contributed by atoms with Gasteiger partial charge in [0.25, 0.3) is 0 Å². The maximum absolute atomic E-state index is 12.4. The summed E-state index contributed by atoms with van der Waals surface area (Å²) in [5.41, 5.74) is 1.85. The van der Waals surface area contributed by atoms with E-state index >= 15 is 0 Å². The average Bonchev–Trinajstić information content (AvgIpc) is 3.18. The van der Waals surface area contributed by atoms with Crippen LogP contribution in [0, 0.1) is 6.92 Å². The Morgan fingerprint density at radius 2 is 1.65 bits per heavy atom. The molecule has 1 aliphatic carbocycles. The zero-order chi connectivity index (χ0) is 18.1. The van der Waals surface area contributed by atoms with E-state index in [0.717, 1.165) is 5.56 Å². The van der Waals surface area contributed by atoms with Gasteiger partial charge in [-0.1, -0.05) is 41.6 Å². The zero-order valence-electron chi connectivity index (χ0n) is 13.9. The Morgan fingerprint density at radius 1 is 1.00 bits per heavy atom. The van der Waals surface area contributed by atoms with Gasteiger partial charge < -0.3 is 9.26 Å². The third kappa shape index (κ3) is 2.93. The number of rotatable bonds is 4. The molecule has 1 aliphatic rings. The summed E-state index contributed by atoms with van der Waals surface area (Å²) in [6, 6.07) is 13.9. The first kappa shape index (κ1) is 16.0. The highest BCUT2D eigenvalue weighted by Gasteiger charge is 2.32. The van der Waals surface area contributed by atoms with Gasteiger partial charge in [-0.15, -0.1) is 0 Å². The summed E-state index contributed by atoms with van der Waals surface area (Å²) in [4.78, 5) is 28.9. The van der Waals surface area contributed by atoms with Crippen LogP contribution >= 0.6 is 0 Å². The van der Waals surface area contributed by atoms with Gasteiger partial charge in [0.2, 0.25) is 11.7 Å². The molecule has 26 heavy (non-hydrogen) atoms. The maximum atomic E-state index is 12.4. The van der Waals surface area contributed by atoms with Gasteiger partial charge in [0.1, 0.15) is 5.75 Å². The van der Waals surface area contributed by atoms with E-state index < -0.39 is 0 Å². The second kappa shape index (κ2) is 6.40. The number of allylic oxidation sites excluding steroid dienone is 1. The average molecular weight is 346 g/mol. The molecular weight excluding hydrogens is 332 g/mol. The summed E-state index contributed by atoms with van der Waals surface area (Å²) in [7, 11) is 0. The summed E-state index contributed by atoms with van der Waals surface area (Å²) in [5.74, 6) is 1.10. The van der Waals surface area contributed by atoms with E-state index in [4.69, 9.17) is 9.26 Å². The SMILES string of the molecule is Cc1nc(COc2ccc(C=C3C(=O)c4ccccc4C3=O)cc2)no1. The van der Waals surface area contributed by atoms with Gasteiger partial charge in [0, 0.05) is 18.1 Å². The van der Waals surface area contributed by atoms with Crippen molar-refractivity contribution in [1.82, 2.24) is 10.1 Å². The number of carbonyl (C=O) groups excluding carboxylic acids is 2. The lowest BCUT2D eigenvalue weighted by molar-refractivity contribution is 0.0990. The minimum atomic E-state index is -0.238. The highest BCUT2D eigenvalue weighted by atomic mass is 16.5. The molecule has 6 heteroatoms. The third-order valence-electron chi connectivity index (χ3n) is 4.03. The van der Waals surface area contributed by atoms with E-state index in [-0.39, 0.29) is 23.7 Å². The lowest BCUT2D eigenvalue weighted by Gasteiger charge is -2.03. The minimum absolute atomic E-state index is 0.183. The van der Waals surface area contributed by atoms with Crippen LogP contribution in [0.4, 0.5) is 0 Å². The topological polar surface area (TPSA) is 82.3 Å². The number of hydrogen-bond donors (Lipinski definition) is 0. The number of carbonyl (C=O) groups is 2. The van der Waals surface area contributed by atoms with Crippen LogP contribution in [0.15, 0.2) is 58.6 Å². The number of benzene rings is 2. The van der Waals surface area contributed by atoms with Crippen molar-refractivity contribution in [2.45, 2.75) is 13.5 Å². The van der Waals surface area contributed by atoms with E-state index in [9.17, 15) is 9.59 Å². The maximum Gasteiger partial charge on any atom is 0.223 e. The summed E-state index contributed by atoms with van der Waals surface area (Å²) in [6.07, 6.45) is 1.61. The summed E-state index contributed by atoms with van der Waals surface area (Å²) >= 11 is 0. The van der Waals surface area contributed by atoms with Gasteiger partial charge in [-0.3, -0.25) is 9.59 Å². The summed E-state index contributed by atoms with van der Waals surface area (Å²) in [6.45, 7) is 1.91. The molecule has 3 aromatic rings.